The van der Waals surface area contributed by atoms with E-state index in [1.807, 2.05) is 0 Å². The predicted octanol–water partition coefficient (Wildman–Crippen LogP) is 3.64. The smallest absolute Gasteiger partial charge is 0.269 e. The Hall–Kier alpha value is -4.28. The van der Waals surface area contributed by atoms with Crippen LogP contribution in [0.15, 0.2) is 53.8 Å². The molecule has 1 unspecified atom stereocenters. The molecular weight excluding hydrogens is 423 g/mol. The number of nitrogens with one attached hydrogen (secondary N) is 2. The molecule has 0 aliphatic carbocycles. The van der Waals surface area contributed by atoms with Crippen LogP contribution in [0, 0.1) is 17.5 Å². The number of nitrogens with zero attached hydrogens (tertiary/aromatic N) is 5. The summed E-state index contributed by atoms with van der Waals surface area (Å²) in [6, 6.07) is 6.07. The molecule has 3 aromatic heterocycles. The lowest BCUT2D eigenvalue weighted by Gasteiger charge is -2.20. The summed E-state index contributed by atoms with van der Waals surface area (Å²) in [6.45, 7) is 1.67. The van der Waals surface area contributed by atoms with Crippen LogP contribution in [0.4, 0.5) is 19.0 Å². The number of imidazole rings is 1. The van der Waals surface area contributed by atoms with Crippen molar-refractivity contribution in [2.75, 3.05) is 5.32 Å². The number of anilines is 1. The molecule has 0 radical (unpaired) electrons. The second-order valence-corrected chi connectivity index (χ2v) is 7.03. The normalized spacial score (nSPS) is 12.4. The van der Waals surface area contributed by atoms with Crippen molar-refractivity contribution in [2.45, 2.75) is 13.0 Å². The monoisotopic (exact) mass is 437 g/mol. The number of benzene rings is 2. The molecule has 160 valence electrons. The summed E-state index contributed by atoms with van der Waals surface area (Å²) >= 11 is 0. The predicted molar refractivity (Wildman–Crippen MR) is 111 cm³/mol. The second-order valence-electron chi connectivity index (χ2n) is 7.03. The average Bonchev–Trinajstić information content (AvgIpc) is 3.24. The van der Waals surface area contributed by atoms with Gasteiger partial charge in [0, 0.05) is 6.07 Å². The van der Waals surface area contributed by atoms with E-state index in [1.165, 1.54) is 24.8 Å². The van der Waals surface area contributed by atoms with Crippen LogP contribution >= 0.6 is 0 Å². The number of hydrogen-bond donors (Lipinski definition) is 2. The van der Waals surface area contributed by atoms with Crippen LogP contribution in [0.1, 0.15) is 18.8 Å². The van der Waals surface area contributed by atoms with E-state index in [2.05, 4.69) is 30.2 Å². The Morgan fingerprint density at radius 3 is 2.72 bits per heavy atom. The maximum Gasteiger partial charge on any atom is 0.269 e. The van der Waals surface area contributed by atoms with Crippen LogP contribution in [-0.2, 0) is 0 Å². The van der Waals surface area contributed by atoms with Gasteiger partial charge in [-0.2, -0.15) is 0 Å². The van der Waals surface area contributed by atoms with Crippen LogP contribution < -0.4 is 10.9 Å². The lowest BCUT2D eigenvalue weighted by molar-refractivity contribution is 0.571. The Kier molecular flexibility index (Phi) is 4.58. The van der Waals surface area contributed by atoms with Gasteiger partial charge in [-0.3, -0.25) is 9.36 Å². The zero-order valence-corrected chi connectivity index (χ0v) is 16.5. The fraction of sp³-hybridized carbons (Fsp3) is 0.0952. The molecule has 2 aromatic carbocycles. The number of halogens is 3. The van der Waals surface area contributed by atoms with E-state index in [4.69, 9.17) is 0 Å². The Morgan fingerprint density at radius 1 is 1.06 bits per heavy atom. The third kappa shape index (κ3) is 3.14. The molecule has 3 heterocycles. The van der Waals surface area contributed by atoms with Crippen LogP contribution in [0.5, 0.6) is 0 Å². The minimum atomic E-state index is -0.991. The highest BCUT2D eigenvalue weighted by Gasteiger charge is 2.23. The van der Waals surface area contributed by atoms with E-state index in [0.717, 1.165) is 22.8 Å². The number of fused-ring (bicyclic) bond motifs is 2. The SMILES string of the molecule is CC(Nc1ncnc2[nH]cnc12)c1nc2cccc(F)c2c(=O)n1-c1ccc(F)cc1F. The van der Waals surface area contributed by atoms with E-state index in [9.17, 15) is 18.0 Å². The van der Waals surface area contributed by atoms with Crippen LogP contribution in [0.3, 0.4) is 0 Å². The summed E-state index contributed by atoms with van der Waals surface area (Å²) in [7, 11) is 0. The maximum atomic E-state index is 14.7. The van der Waals surface area contributed by atoms with E-state index in [-0.39, 0.29) is 22.4 Å². The number of hydrogen-bond acceptors (Lipinski definition) is 6. The van der Waals surface area contributed by atoms with Crippen molar-refractivity contribution in [2.24, 2.45) is 0 Å². The average molecular weight is 437 g/mol. The van der Waals surface area contributed by atoms with Gasteiger partial charge in [-0.25, -0.2) is 33.1 Å². The first kappa shape index (κ1) is 19.7. The standard InChI is InChI=1S/C21H14F3N7O/c1-10(29-19-17-18(26-8-25-17)27-9-28-19)20-30-14-4-2-3-12(23)16(14)21(32)31(20)15-6-5-11(22)7-13(15)24/h2-10H,1H3,(H2,25,26,27,28,29). The number of aromatic nitrogens is 6. The third-order valence-corrected chi connectivity index (χ3v) is 4.98. The topological polar surface area (TPSA) is 101 Å². The zero-order chi connectivity index (χ0) is 22.4. The zero-order valence-electron chi connectivity index (χ0n) is 16.5. The first-order valence-electron chi connectivity index (χ1n) is 9.51. The van der Waals surface area contributed by atoms with Crippen molar-refractivity contribution in [3.8, 4) is 5.69 Å². The summed E-state index contributed by atoms with van der Waals surface area (Å²) in [5, 5.41) is 2.79. The summed E-state index contributed by atoms with van der Waals surface area (Å²) in [4.78, 5) is 33.0. The molecule has 0 spiro atoms. The first-order valence-corrected chi connectivity index (χ1v) is 9.51. The van der Waals surface area contributed by atoms with E-state index in [1.54, 1.807) is 6.92 Å². The van der Waals surface area contributed by atoms with Gasteiger partial charge < -0.3 is 10.3 Å². The fourth-order valence-electron chi connectivity index (χ4n) is 3.53. The highest BCUT2D eigenvalue weighted by molar-refractivity contribution is 5.82. The van der Waals surface area contributed by atoms with Crippen molar-refractivity contribution in [3.05, 3.63) is 82.7 Å². The summed E-state index contributed by atoms with van der Waals surface area (Å²) in [5.74, 6) is -2.18. The van der Waals surface area contributed by atoms with Gasteiger partial charge in [-0.1, -0.05) is 6.07 Å². The van der Waals surface area contributed by atoms with Crippen molar-refractivity contribution in [1.82, 2.24) is 29.5 Å². The third-order valence-electron chi connectivity index (χ3n) is 4.98. The van der Waals surface area contributed by atoms with Crippen molar-refractivity contribution in [3.63, 3.8) is 0 Å². The Bertz CT molecular complexity index is 1550. The number of H-pyrrole nitrogens is 1. The summed E-state index contributed by atoms with van der Waals surface area (Å²) in [6.07, 6.45) is 2.78. The number of rotatable bonds is 4. The van der Waals surface area contributed by atoms with Crippen molar-refractivity contribution in [1.29, 1.82) is 0 Å². The van der Waals surface area contributed by atoms with Gasteiger partial charge >= 0.3 is 0 Å². The van der Waals surface area contributed by atoms with Crippen molar-refractivity contribution >= 4 is 27.9 Å². The summed E-state index contributed by atoms with van der Waals surface area (Å²) in [5.41, 5.74) is -0.0385. The molecule has 8 nitrogen and oxygen atoms in total. The Balaban J connectivity index is 1.74. The fourth-order valence-corrected chi connectivity index (χ4v) is 3.53. The minimum Gasteiger partial charge on any atom is -0.358 e. The van der Waals surface area contributed by atoms with Gasteiger partial charge in [-0.15, -0.1) is 0 Å². The van der Waals surface area contributed by atoms with Gasteiger partial charge in [0.05, 0.1) is 23.6 Å². The summed E-state index contributed by atoms with van der Waals surface area (Å²) < 4.78 is 43.6. The number of aromatic amines is 1. The molecule has 0 amide bonds. The van der Waals surface area contributed by atoms with E-state index < -0.39 is 29.1 Å². The Labute approximate surface area is 177 Å². The quantitative estimate of drug-likeness (QED) is 0.445. The molecular formula is C21H14F3N7O. The molecule has 1 atom stereocenters. The molecule has 0 saturated carbocycles. The van der Waals surface area contributed by atoms with Gasteiger partial charge in [0.2, 0.25) is 0 Å². The first-order chi connectivity index (χ1) is 15.4. The minimum absolute atomic E-state index is 0.0703. The molecule has 2 N–H and O–H groups in total. The lowest BCUT2D eigenvalue weighted by atomic mass is 10.2. The highest BCUT2D eigenvalue weighted by Crippen LogP contribution is 2.25. The lowest BCUT2D eigenvalue weighted by Crippen LogP contribution is -2.28. The van der Waals surface area contributed by atoms with Gasteiger partial charge in [-0.05, 0) is 31.2 Å². The van der Waals surface area contributed by atoms with Crippen LogP contribution in [-0.4, -0.2) is 29.5 Å². The molecule has 5 rings (SSSR count). The molecule has 0 bridgehead atoms. The van der Waals surface area contributed by atoms with Crippen molar-refractivity contribution < 1.29 is 13.2 Å². The molecule has 5 aromatic rings. The van der Waals surface area contributed by atoms with Crippen LogP contribution in [0.2, 0.25) is 0 Å². The molecule has 0 aliphatic rings. The molecule has 0 aliphatic heterocycles. The maximum absolute atomic E-state index is 14.7. The Morgan fingerprint density at radius 2 is 1.91 bits per heavy atom. The van der Waals surface area contributed by atoms with Gasteiger partial charge in [0.15, 0.2) is 11.5 Å². The second kappa shape index (κ2) is 7.45. The highest BCUT2D eigenvalue weighted by atomic mass is 19.1. The molecule has 32 heavy (non-hydrogen) atoms. The molecule has 11 heteroatoms. The molecule has 0 fully saturated rings. The van der Waals surface area contributed by atoms with Crippen LogP contribution in [0.25, 0.3) is 27.8 Å². The largest absolute Gasteiger partial charge is 0.358 e. The van der Waals surface area contributed by atoms with Gasteiger partial charge in [0.25, 0.3) is 5.56 Å². The van der Waals surface area contributed by atoms with E-state index >= 15 is 0 Å². The van der Waals surface area contributed by atoms with E-state index in [0.29, 0.717) is 23.0 Å². The van der Waals surface area contributed by atoms with Gasteiger partial charge in [0.1, 0.15) is 40.5 Å². The molecule has 0 saturated heterocycles.